The normalized spacial score (nSPS) is 19.7. The zero-order chi connectivity index (χ0) is 10.3. The van der Waals surface area contributed by atoms with Crippen molar-refractivity contribution in [2.75, 3.05) is 5.32 Å². The van der Waals surface area contributed by atoms with Crippen molar-refractivity contribution in [3.8, 4) is 0 Å². The maximum Gasteiger partial charge on any atom is 0.130 e. The summed E-state index contributed by atoms with van der Waals surface area (Å²) in [7, 11) is 0. The molecule has 1 aromatic carbocycles. The van der Waals surface area contributed by atoms with E-state index in [-0.39, 0.29) is 0 Å². The largest absolute Gasteiger partial charge is 0.367 e. The molecule has 1 aliphatic rings. The number of rotatable bonds is 0. The lowest BCUT2D eigenvalue weighted by Crippen LogP contribution is -2.22. The maximum absolute atomic E-state index is 4.62. The molecule has 1 aromatic heterocycles. The van der Waals surface area contributed by atoms with Gasteiger partial charge in [0, 0.05) is 11.4 Å². The van der Waals surface area contributed by atoms with E-state index in [0.717, 1.165) is 17.8 Å². The van der Waals surface area contributed by atoms with Crippen LogP contribution >= 0.6 is 0 Å². The van der Waals surface area contributed by atoms with Gasteiger partial charge >= 0.3 is 0 Å². The van der Waals surface area contributed by atoms with Crippen LogP contribution in [-0.2, 0) is 6.42 Å². The van der Waals surface area contributed by atoms with Crippen LogP contribution in [0.4, 0.5) is 5.82 Å². The summed E-state index contributed by atoms with van der Waals surface area (Å²) in [4.78, 5) is 4.62. The Bertz CT molecular complexity index is 505. The van der Waals surface area contributed by atoms with Crippen LogP contribution in [0.15, 0.2) is 24.3 Å². The van der Waals surface area contributed by atoms with Crippen molar-refractivity contribution in [2.24, 2.45) is 0 Å². The number of nitrogens with one attached hydrogen (secondary N) is 1. The summed E-state index contributed by atoms with van der Waals surface area (Å²) >= 11 is 0. The van der Waals surface area contributed by atoms with Gasteiger partial charge in [-0.25, -0.2) is 4.98 Å². The highest BCUT2D eigenvalue weighted by molar-refractivity contribution is 5.81. The Morgan fingerprint density at radius 2 is 2.47 bits per heavy atom. The molecule has 75 valence electrons. The molecule has 0 saturated carbocycles. The van der Waals surface area contributed by atoms with Gasteiger partial charge in [0.25, 0.3) is 0 Å². The molecule has 2 heterocycles. The Balaban J connectivity index is 2.20. The van der Waals surface area contributed by atoms with Crippen LogP contribution in [0, 0.1) is 6.07 Å². The van der Waals surface area contributed by atoms with Crippen LogP contribution in [-0.4, -0.2) is 11.0 Å². The van der Waals surface area contributed by atoms with Crippen molar-refractivity contribution in [1.29, 1.82) is 0 Å². The van der Waals surface area contributed by atoms with Crippen molar-refractivity contribution in [1.82, 2.24) is 4.98 Å². The first-order valence-corrected chi connectivity index (χ1v) is 5.39. The second-order valence-corrected chi connectivity index (χ2v) is 4.20. The number of fused-ring (bicyclic) bond motifs is 2. The Hall–Kier alpha value is -1.57. The molecule has 15 heavy (non-hydrogen) atoms. The molecular formula is C13H13N2. The zero-order valence-corrected chi connectivity index (χ0v) is 8.75. The van der Waals surface area contributed by atoms with Gasteiger partial charge in [-0.2, -0.15) is 0 Å². The summed E-state index contributed by atoms with van der Waals surface area (Å²) in [5.41, 5.74) is 2.37. The molecule has 2 nitrogen and oxygen atoms in total. The molecule has 1 aliphatic heterocycles. The molecule has 3 rings (SSSR count). The SMILES string of the molecule is C[C@@H]1CCc2cc3cc[c]cc3nc2N1. The zero-order valence-electron chi connectivity index (χ0n) is 8.75. The smallest absolute Gasteiger partial charge is 0.130 e. The van der Waals surface area contributed by atoms with Crippen molar-refractivity contribution in [3.05, 3.63) is 35.9 Å². The number of aryl methyl sites for hydroxylation is 1. The molecule has 0 aliphatic carbocycles. The van der Waals surface area contributed by atoms with E-state index in [2.05, 4.69) is 35.4 Å². The van der Waals surface area contributed by atoms with Crippen molar-refractivity contribution >= 4 is 16.7 Å². The number of nitrogens with zero attached hydrogens (tertiary/aromatic N) is 1. The van der Waals surface area contributed by atoms with E-state index < -0.39 is 0 Å². The summed E-state index contributed by atoms with van der Waals surface area (Å²) in [6, 6.07) is 11.8. The average Bonchev–Trinajstić information content (AvgIpc) is 2.26. The molecule has 0 amide bonds. The fourth-order valence-corrected chi connectivity index (χ4v) is 2.09. The third-order valence-electron chi connectivity index (χ3n) is 2.97. The van der Waals surface area contributed by atoms with Gasteiger partial charge in [0.2, 0.25) is 0 Å². The highest BCUT2D eigenvalue weighted by Crippen LogP contribution is 2.26. The van der Waals surface area contributed by atoms with Gasteiger partial charge in [-0.3, -0.25) is 0 Å². The van der Waals surface area contributed by atoms with Crippen LogP contribution in [0.1, 0.15) is 18.9 Å². The minimum atomic E-state index is 0.537. The molecule has 1 atom stereocenters. The fourth-order valence-electron chi connectivity index (χ4n) is 2.09. The first kappa shape index (κ1) is 8.72. The summed E-state index contributed by atoms with van der Waals surface area (Å²) in [5, 5.41) is 4.64. The predicted molar refractivity (Wildman–Crippen MR) is 62.0 cm³/mol. The first-order chi connectivity index (χ1) is 7.33. The van der Waals surface area contributed by atoms with E-state index in [1.165, 1.54) is 17.4 Å². The highest BCUT2D eigenvalue weighted by Gasteiger charge is 2.15. The Labute approximate surface area is 89.3 Å². The number of aromatic nitrogens is 1. The summed E-state index contributed by atoms with van der Waals surface area (Å²) in [5.74, 6) is 1.06. The lowest BCUT2D eigenvalue weighted by atomic mass is 10.0. The van der Waals surface area contributed by atoms with Crippen LogP contribution in [0.3, 0.4) is 0 Å². The molecule has 0 bridgehead atoms. The van der Waals surface area contributed by atoms with Crippen LogP contribution in [0.5, 0.6) is 0 Å². The van der Waals surface area contributed by atoms with Crippen molar-refractivity contribution in [3.63, 3.8) is 0 Å². The van der Waals surface area contributed by atoms with Crippen molar-refractivity contribution in [2.45, 2.75) is 25.8 Å². The molecule has 1 radical (unpaired) electrons. The van der Waals surface area contributed by atoms with E-state index in [0.29, 0.717) is 6.04 Å². The number of hydrogen-bond acceptors (Lipinski definition) is 2. The highest BCUT2D eigenvalue weighted by atomic mass is 15.0. The molecule has 2 heteroatoms. The lowest BCUT2D eigenvalue weighted by molar-refractivity contribution is 0.675. The van der Waals surface area contributed by atoms with Gasteiger partial charge in [-0.15, -0.1) is 0 Å². The summed E-state index contributed by atoms with van der Waals surface area (Å²) in [6.07, 6.45) is 2.32. The van der Waals surface area contributed by atoms with Gasteiger partial charge in [0.15, 0.2) is 0 Å². The lowest BCUT2D eigenvalue weighted by Gasteiger charge is -2.23. The van der Waals surface area contributed by atoms with Crippen LogP contribution in [0.2, 0.25) is 0 Å². The number of hydrogen-bond donors (Lipinski definition) is 1. The van der Waals surface area contributed by atoms with Crippen LogP contribution in [0.25, 0.3) is 10.9 Å². The molecule has 0 unspecified atom stereocenters. The standard InChI is InChI=1S/C13H13N2/c1-9-6-7-11-8-10-4-2-3-5-12(10)15-13(11)14-9/h2,4-5,8-9H,6-7H2,1H3,(H,14,15)/t9-/m1/s1. The molecule has 0 fully saturated rings. The third kappa shape index (κ3) is 1.46. The minimum absolute atomic E-state index is 0.537. The Morgan fingerprint density at radius 3 is 3.40 bits per heavy atom. The quantitative estimate of drug-likeness (QED) is 0.702. The van der Waals surface area contributed by atoms with E-state index in [1.54, 1.807) is 0 Å². The average molecular weight is 197 g/mol. The van der Waals surface area contributed by atoms with E-state index in [4.69, 9.17) is 0 Å². The Morgan fingerprint density at radius 1 is 1.53 bits per heavy atom. The number of anilines is 1. The van der Waals surface area contributed by atoms with Gasteiger partial charge in [-0.05, 0) is 43.5 Å². The van der Waals surface area contributed by atoms with E-state index >= 15 is 0 Å². The van der Waals surface area contributed by atoms with E-state index in [1.807, 2.05) is 12.1 Å². The predicted octanol–water partition coefficient (Wildman–Crippen LogP) is 2.78. The first-order valence-electron chi connectivity index (χ1n) is 5.39. The molecule has 0 saturated heterocycles. The second kappa shape index (κ2) is 3.23. The van der Waals surface area contributed by atoms with Gasteiger partial charge in [-0.1, -0.05) is 12.1 Å². The molecule has 2 aromatic rings. The van der Waals surface area contributed by atoms with Gasteiger partial charge in [0.1, 0.15) is 5.82 Å². The topological polar surface area (TPSA) is 24.9 Å². The monoisotopic (exact) mass is 197 g/mol. The van der Waals surface area contributed by atoms with Gasteiger partial charge in [0.05, 0.1) is 5.52 Å². The molecule has 1 N–H and O–H groups in total. The van der Waals surface area contributed by atoms with Gasteiger partial charge < -0.3 is 5.32 Å². The van der Waals surface area contributed by atoms with E-state index in [9.17, 15) is 0 Å². The Kier molecular flexibility index (Phi) is 1.88. The van der Waals surface area contributed by atoms with Crippen molar-refractivity contribution < 1.29 is 0 Å². The second-order valence-electron chi connectivity index (χ2n) is 4.20. The minimum Gasteiger partial charge on any atom is -0.367 e. The maximum atomic E-state index is 4.62. The number of benzene rings is 1. The summed E-state index contributed by atoms with van der Waals surface area (Å²) < 4.78 is 0. The van der Waals surface area contributed by atoms with Crippen LogP contribution < -0.4 is 5.32 Å². The molecule has 0 spiro atoms. The number of pyridine rings is 1. The fraction of sp³-hybridized carbons (Fsp3) is 0.308. The third-order valence-corrected chi connectivity index (χ3v) is 2.97. The summed E-state index contributed by atoms with van der Waals surface area (Å²) in [6.45, 7) is 2.20. The molecular weight excluding hydrogens is 184 g/mol.